The highest BCUT2D eigenvalue weighted by Crippen LogP contribution is 2.10. The second-order valence-electron chi connectivity index (χ2n) is 4.34. The number of imidazole rings is 1. The lowest BCUT2D eigenvalue weighted by Crippen LogP contribution is -2.46. The van der Waals surface area contributed by atoms with E-state index < -0.39 is 18.0 Å². The third-order valence-electron chi connectivity index (χ3n) is 2.67. The van der Waals surface area contributed by atoms with Crippen LogP contribution in [-0.2, 0) is 17.8 Å². The van der Waals surface area contributed by atoms with Gasteiger partial charge in [0, 0.05) is 29.4 Å². The largest absolute Gasteiger partial charge is 0.480 e. The van der Waals surface area contributed by atoms with E-state index in [0.717, 1.165) is 9.88 Å². The molecule has 0 bridgehead atoms. The minimum atomic E-state index is -1.10. The van der Waals surface area contributed by atoms with Crippen molar-refractivity contribution in [3.8, 4) is 0 Å². The first-order chi connectivity index (χ1) is 10.0. The summed E-state index contributed by atoms with van der Waals surface area (Å²) in [5.41, 5.74) is 0.640. The summed E-state index contributed by atoms with van der Waals surface area (Å²) in [6, 6.07) is -1.55. The van der Waals surface area contributed by atoms with Crippen LogP contribution in [0.1, 0.15) is 15.6 Å². The Morgan fingerprint density at radius 3 is 2.86 bits per heavy atom. The summed E-state index contributed by atoms with van der Waals surface area (Å²) < 4.78 is 0. The Labute approximate surface area is 124 Å². The normalized spacial score (nSPS) is 11.9. The third-order valence-corrected chi connectivity index (χ3v) is 3.59. The Balaban J connectivity index is 1.84. The number of carboxylic acid groups (broad SMARTS) is 1. The van der Waals surface area contributed by atoms with E-state index in [2.05, 4.69) is 25.6 Å². The molecule has 21 heavy (non-hydrogen) atoms. The van der Waals surface area contributed by atoms with Gasteiger partial charge in [-0.2, -0.15) is 0 Å². The van der Waals surface area contributed by atoms with Crippen molar-refractivity contribution in [2.75, 3.05) is 0 Å². The predicted octanol–water partition coefficient (Wildman–Crippen LogP) is 0.670. The standard InChI is InChI=1S/C12H15N5O3S/c1-7-14-4-9(21-7)5-15-12(20)17-10(11(18)19)2-8-3-13-6-16-8/h3-4,6,10H,2,5H2,1H3,(H,13,16)(H,18,19)(H2,15,17,20)/t10-/m1/s1. The van der Waals surface area contributed by atoms with Gasteiger partial charge in [-0.15, -0.1) is 11.3 Å². The van der Waals surface area contributed by atoms with E-state index in [0.29, 0.717) is 12.2 Å². The van der Waals surface area contributed by atoms with E-state index in [1.807, 2.05) is 6.92 Å². The molecule has 9 heteroatoms. The fourth-order valence-electron chi connectivity index (χ4n) is 1.68. The summed E-state index contributed by atoms with van der Waals surface area (Å²) in [6.07, 6.45) is 4.80. The van der Waals surface area contributed by atoms with E-state index in [4.69, 9.17) is 5.11 Å². The van der Waals surface area contributed by atoms with Crippen LogP contribution in [0.25, 0.3) is 0 Å². The molecule has 0 fully saturated rings. The zero-order chi connectivity index (χ0) is 15.2. The molecule has 4 N–H and O–H groups in total. The number of urea groups is 1. The maximum atomic E-state index is 11.7. The Morgan fingerprint density at radius 2 is 2.29 bits per heavy atom. The van der Waals surface area contributed by atoms with Gasteiger partial charge in [0.25, 0.3) is 0 Å². The number of nitrogens with zero attached hydrogens (tertiary/aromatic N) is 2. The first-order valence-corrected chi connectivity index (χ1v) is 7.02. The molecule has 2 aromatic heterocycles. The summed E-state index contributed by atoms with van der Waals surface area (Å²) in [5.74, 6) is -1.10. The molecule has 0 aromatic carbocycles. The second-order valence-corrected chi connectivity index (χ2v) is 5.66. The molecule has 0 aliphatic carbocycles. The van der Waals surface area contributed by atoms with E-state index >= 15 is 0 Å². The van der Waals surface area contributed by atoms with E-state index in [1.54, 1.807) is 6.20 Å². The number of carbonyl (C=O) groups excluding carboxylic acids is 1. The number of carbonyl (C=O) groups is 2. The van der Waals surface area contributed by atoms with Crippen molar-refractivity contribution in [2.45, 2.75) is 25.9 Å². The molecule has 1 atom stereocenters. The molecule has 8 nitrogen and oxygen atoms in total. The van der Waals surface area contributed by atoms with Gasteiger partial charge >= 0.3 is 12.0 Å². The van der Waals surface area contributed by atoms with Crippen LogP contribution in [0.3, 0.4) is 0 Å². The van der Waals surface area contributed by atoms with Crippen molar-refractivity contribution < 1.29 is 14.7 Å². The van der Waals surface area contributed by atoms with E-state index in [1.165, 1.54) is 23.9 Å². The molecular weight excluding hydrogens is 294 g/mol. The number of aryl methyl sites for hydroxylation is 1. The number of thiazole rings is 1. The molecule has 0 unspecified atom stereocenters. The number of hydrogen-bond acceptors (Lipinski definition) is 5. The second kappa shape index (κ2) is 6.84. The number of aliphatic carboxylic acids is 1. The lowest BCUT2D eigenvalue weighted by Gasteiger charge is -2.14. The summed E-state index contributed by atoms with van der Waals surface area (Å²) in [7, 11) is 0. The van der Waals surface area contributed by atoms with Crippen LogP contribution >= 0.6 is 11.3 Å². The van der Waals surface area contributed by atoms with Gasteiger partial charge in [-0.25, -0.2) is 19.6 Å². The third kappa shape index (κ3) is 4.56. The van der Waals surface area contributed by atoms with Gasteiger partial charge in [0.1, 0.15) is 6.04 Å². The van der Waals surface area contributed by atoms with E-state index in [-0.39, 0.29) is 6.42 Å². The molecule has 2 heterocycles. The van der Waals surface area contributed by atoms with Crippen molar-refractivity contribution >= 4 is 23.3 Å². The lowest BCUT2D eigenvalue weighted by atomic mass is 10.2. The Bertz CT molecular complexity index is 610. The maximum absolute atomic E-state index is 11.7. The zero-order valence-corrected chi connectivity index (χ0v) is 12.1. The monoisotopic (exact) mass is 309 g/mol. The molecular formula is C12H15N5O3S. The number of aromatic amines is 1. The van der Waals surface area contributed by atoms with Crippen LogP contribution in [0.4, 0.5) is 4.79 Å². The quantitative estimate of drug-likeness (QED) is 0.625. The van der Waals surface area contributed by atoms with Crippen LogP contribution in [-0.4, -0.2) is 38.1 Å². The van der Waals surface area contributed by atoms with Crippen molar-refractivity contribution in [3.63, 3.8) is 0 Å². The van der Waals surface area contributed by atoms with Gasteiger partial charge in [0.2, 0.25) is 0 Å². The molecule has 0 saturated heterocycles. The topological polar surface area (TPSA) is 120 Å². The van der Waals surface area contributed by atoms with E-state index in [9.17, 15) is 9.59 Å². The summed E-state index contributed by atoms with van der Waals surface area (Å²) in [5, 5.41) is 15.1. The average molecular weight is 309 g/mol. The summed E-state index contributed by atoms with van der Waals surface area (Å²) in [6.45, 7) is 2.19. The first-order valence-electron chi connectivity index (χ1n) is 6.20. The molecule has 0 aliphatic rings. The number of hydrogen-bond donors (Lipinski definition) is 4. The highest BCUT2D eigenvalue weighted by Gasteiger charge is 2.20. The Morgan fingerprint density at radius 1 is 1.48 bits per heavy atom. The lowest BCUT2D eigenvalue weighted by molar-refractivity contribution is -0.139. The van der Waals surface area contributed by atoms with Gasteiger partial charge in [-0.05, 0) is 6.92 Å². The molecule has 2 amide bonds. The van der Waals surface area contributed by atoms with Gasteiger partial charge < -0.3 is 20.7 Å². The molecule has 0 saturated carbocycles. The zero-order valence-electron chi connectivity index (χ0n) is 11.3. The first kappa shape index (κ1) is 15.0. The minimum absolute atomic E-state index is 0.141. The van der Waals surface area contributed by atoms with Gasteiger partial charge in [0.05, 0.1) is 17.9 Å². The van der Waals surface area contributed by atoms with Crippen LogP contribution in [0, 0.1) is 6.92 Å². The van der Waals surface area contributed by atoms with Crippen molar-refractivity contribution in [1.29, 1.82) is 0 Å². The van der Waals surface area contributed by atoms with Crippen LogP contribution in [0.15, 0.2) is 18.7 Å². The highest BCUT2D eigenvalue weighted by atomic mass is 32.1. The Hall–Kier alpha value is -2.42. The summed E-state index contributed by atoms with van der Waals surface area (Å²) in [4.78, 5) is 34.5. The number of carboxylic acids is 1. The van der Waals surface area contributed by atoms with Crippen molar-refractivity contribution in [1.82, 2.24) is 25.6 Å². The van der Waals surface area contributed by atoms with Gasteiger partial charge in [-0.3, -0.25) is 0 Å². The average Bonchev–Trinajstić information content (AvgIpc) is 3.07. The number of nitrogens with one attached hydrogen (secondary N) is 3. The van der Waals surface area contributed by atoms with Crippen molar-refractivity contribution in [3.05, 3.63) is 34.3 Å². The predicted molar refractivity (Wildman–Crippen MR) is 75.9 cm³/mol. The fourth-order valence-corrected chi connectivity index (χ4v) is 2.41. The number of amides is 2. The Kier molecular flexibility index (Phi) is 4.88. The fraction of sp³-hybridized carbons (Fsp3) is 0.333. The number of aromatic nitrogens is 3. The molecule has 112 valence electrons. The van der Waals surface area contributed by atoms with Crippen LogP contribution in [0.2, 0.25) is 0 Å². The van der Waals surface area contributed by atoms with Crippen LogP contribution in [0.5, 0.6) is 0 Å². The molecule has 2 aromatic rings. The number of rotatable bonds is 6. The van der Waals surface area contributed by atoms with Gasteiger partial charge in [-0.1, -0.05) is 0 Å². The van der Waals surface area contributed by atoms with Gasteiger partial charge in [0.15, 0.2) is 0 Å². The minimum Gasteiger partial charge on any atom is -0.480 e. The SMILES string of the molecule is Cc1ncc(CNC(=O)N[C@H](Cc2cnc[nH]2)C(=O)O)s1. The molecule has 0 radical (unpaired) electrons. The smallest absolute Gasteiger partial charge is 0.326 e. The van der Waals surface area contributed by atoms with Crippen LogP contribution < -0.4 is 10.6 Å². The van der Waals surface area contributed by atoms with Crippen molar-refractivity contribution in [2.24, 2.45) is 0 Å². The molecule has 0 spiro atoms. The number of H-pyrrole nitrogens is 1. The summed E-state index contributed by atoms with van der Waals surface area (Å²) >= 11 is 1.48. The molecule has 2 rings (SSSR count). The maximum Gasteiger partial charge on any atom is 0.326 e. The molecule has 0 aliphatic heterocycles. The highest BCUT2D eigenvalue weighted by molar-refractivity contribution is 7.11.